The summed E-state index contributed by atoms with van der Waals surface area (Å²) < 4.78 is 23.9. The van der Waals surface area contributed by atoms with Crippen LogP contribution in [0.15, 0.2) is 30.5 Å². The van der Waals surface area contributed by atoms with Crippen LogP contribution in [0.2, 0.25) is 0 Å². The van der Waals surface area contributed by atoms with E-state index in [2.05, 4.69) is 15.5 Å². The molecule has 1 fully saturated rings. The van der Waals surface area contributed by atoms with Crippen LogP contribution in [0, 0.1) is 5.82 Å². The monoisotopic (exact) mass is 291 g/mol. The first-order valence-electron chi connectivity index (χ1n) is 7.01. The molecule has 0 saturated carbocycles. The van der Waals surface area contributed by atoms with Gasteiger partial charge in [0.15, 0.2) is 0 Å². The fourth-order valence-corrected chi connectivity index (χ4v) is 2.33. The first kappa shape index (κ1) is 14.2. The Bertz CT molecular complexity index is 565. The molecule has 2 heterocycles. The van der Waals surface area contributed by atoms with Crippen LogP contribution in [0.4, 0.5) is 4.39 Å². The third kappa shape index (κ3) is 3.66. The van der Waals surface area contributed by atoms with Gasteiger partial charge in [0.05, 0.1) is 37.8 Å². The van der Waals surface area contributed by atoms with E-state index in [0.717, 1.165) is 23.4 Å². The average molecular weight is 291 g/mol. The van der Waals surface area contributed by atoms with Gasteiger partial charge in [-0.2, -0.15) is 5.10 Å². The normalized spacial score (nSPS) is 18.8. The van der Waals surface area contributed by atoms with Gasteiger partial charge in [-0.25, -0.2) is 4.39 Å². The molecule has 0 aliphatic carbocycles. The summed E-state index contributed by atoms with van der Waals surface area (Å²) in [5.74, 6) is -0.243. The Balaban J connectivity index is 1.59. The number of nitrogens with one attached hydrogen (secondary N) is 2. The fourth-order valence-electron chi connectivity index (χ4n) is 2.33. The maximum absolute atomic E-state index is 13.0. The zero-order chi connectivity index (χ0) is 14.5. The highest BCUT2D eigenvalue weighted by Crippen LogP contribution is 2.21. The predicted molar refractivity (Wildman–Crippen MR) is 76.2 cm³/mol. The number of benzene rings is 1. The minimum atomic E-state index is -0.243. The highest BCUT2D eigenvalue weighted by molar-refractivity contribution is 5.62. The second-order valence-corrected chi connectivity index (χ2v) is 4.98. The Labute approximate surface area is 122 Å². The summed E-state index contributed by atoms with van der Waals surface area (Å²) in [7, 11) is 0. The molecular formula is C15H18FN3O2. The molecule has 2 N–H and O–H groups in total. The molecule has 5 nitrogen and oxygen atoms in total. The third-order valence-electron chi connectivity index (χ3n) is 3.42. The van der Waals surface area contributed by atoms with Gasteiger partial charge in [0, 0.05) is 24.2 Å². The zero-order valence-electron chi connectivity index (χ0n) is 11.6. The van der Waals surface area contributed by atoms with Crippen molar-refractivity contribution in [3.8, 4) is 11.3 Å². The van der Waals surface area contributed by atoms with Crippen molar-refractivity contribution in [1.82, 2.24) is 15.5 Å². The van der Waals surface area contributed by atoms with Crippen LogP contribution >= 0.6 is 0 Å². The van der Waals surface area contributed by atoms with Gasteiger partial charge in [-0.3, -0.25) is 5.10 Å². The maximum atomic E-state index is 13.0. The van der Waals surface area contributed by atoms with Crippen LogP contribution in [-0.2, 0) is 16.0 Å². The Morgan fingerprint density at radius 1 is 1.29 bits per heavy atom. The minimum absolute atomic E-state index is 0.0972. The van der Waals surface area contributed by atoms with Crippen LogP contribution in [-0.4, -0.2) is 42.7 Å². The zero-order valence-corrected chi connectivity index (χ0v) is 11.6. The molecule has 1 saturated heterocycles. The van der Waals surface area contributed by atoms with Crippen molar-refractivity contribution >= 4 is 0 Å². The Kier molecular flexibility index (Phi) is 4.59. The van der Waals surface area contributed by atoms with E-state index >= 15 is 0 Å². The van der Waals surface area contributed by atoms with Gasteiger partial charge in [-0.1, -0.05) is 0 Å². The summed E-state index contributed by atoms with van der Waals surface area (Å²) in [5, 5.41) is 10.4. The molecule has 1 atom stereocenters. The van der Waals surface area contributed by atoms with Gasteiger partial charge >= 0.3 is 0 Å². The summed E-state index contributed by atoms with van der Waals surface area (Å²) in [5.41, 5.74) is 2.87. The van der Waals surface area contributed by atoms with Gasteiger partial charge in [-0.05, 0) is 24.3 Å². The van der Waals surface area contributed by atoms with Crippen molar-refractivity contribution in [2.75, 3.05) is 26.4 Å². The molecule has 21 heavy (non-hydrogen) atoms. The molecule has 6 heteroatoms. The van der Waals surface area contributed by atoms with Crippen molar-refractivity contribution in [2.24, 2.45) is 0 Å². The molecule has 0 radical (unpaired) electrons. The number of aromatic nitrogens is 2. The van der Waals surface area contributed by atoms with Gasteiger partial charge in [0.2, 0.25) is 0 Å². The van der Waals surface area contributed by atoms with Crippen LogP contribution in [0.1, 0.15) is 5.56 Å². The van der Waals surface area contributed by atoms with E-state index < -0.39 is 0 Å². The second kappa shape index (κ2) is 6.80. The average Bonchev–Trinajstić information content (AvgIpc) is 2.98. The van der Waals surface area contributed by atoms with Crippen LogP contribution < -0.4 is 5.32 Å². The molecule has 0 bridgehead atoms. The molecule has 1 aliphatic heterocycles. The van der Waals surface area contributed by atoms with E-state index in [0.29, 0.717) is 26.4 Å². The molecular weight excluding hydrogens is 273 g/mol. The number of ether oxygens (including phenoxy) is 2. The van der Waals surface area contributed by atoms with E-state index in [-0.39, 0.29) is 11.9 Å². The second-order valence-electron chi connectivity index (χ2n) is 4.98. The number of halogens is 1. The van der Waals surface area contributed by atoms with Crippen molar-refractivity contribution < 1.29 is 13.9 Å². The van der Waals surface area contributed by atoms with Crippen molar-refractivity contribution in [2.45, 2.75) is 12.6 Å². The molecule has 0 spiro atoms. The van der Waals surface area contributed by atoms with Crippen molar-refractivity contribution in [1.29, 1.82) is 0 Å². The van der Waals surface area contributed by atoms with Crippen molar-refractivity contribution in [3.05, 3.63) is 41.8 Å². The number of H-pyrrole nitrogens is 1. The molecule has 1 aromatic carbocycles. The number of nitrogens with zero attached hydrogens (tertiary/aromatic N) is 1. The lowest BCUT2D eigenvalue weighted by atomic mass is 10.1. The van der Waals surface area contributed by atoms with E-state index in [4.69, 9.17) is 9.47 Å². The number of aromatic amines is 1. The van der Waals surface area contributed by atoms with Gasteiger partial charge in [0.1, 0.15) is 5.82 Å². The molecule has 0 unspecified atom stereocenters. The lowest BCUT2D eigenvalue weighted by molar-refractivity contribution is -0.0864. The van der Waals surface area contributed by atoms with Crippen molar-refractivity contribution in [3.63, 3.8) is 0 Å². The molecule has 1 aliphatic rings. The van der Waals surface area contributed by atoms with Gasteiger partial charge < -0.3 is 14.8 Å². The van der Waals surface area contributed by atoms with E-state index in [9.17, 15) is 4.39 Å². The lowest BCUT2D eigenvalue weighted by Crippen LogP contribution is -2.37. The van der Waals surface area contributed by atoms with E-state index in [1.54, 1.807) is 18.3 Å². The predicted octanol–water partition coefficient (Wildman–Crippen LogP) is 1.72. The van der Waals surface area contributed by atoms with E-state index in [1.165, 1.54) is 12.1 Å². The topological polar surface area (TPSA) is 59.2 Å². The van der Waals surface area contributed by atoms with Crippen LogP contribution in [0.3, 0.4) is 0 Å². The lowest BCUT2D eigenvalue weighted by Gasteiger charge is -2.23. The standard InChI is InChI=1S/C15H18FN3O2/c16-13-3-1-11(2-4-13)15-12(8-18-19-15)7-17-9-14-10-20-5-6-21-14/h1-4,8,14,17H,5-7,9-10H2,(H,18,19)/t14-/m0/s1. The number of rotatable bonds is 5. The first-order valence-corrected chi connectivity index (χ1v) is 7.01. The Morgan fingerprint density at radius 2 is 2.14 bits per heavy atom. The smallest absolute Gasteiger partial charge is 0.123 e. The summed E-state index contributed by atoms with van der Waals surface area (Å²) >= 11 is 0. The molecule has 1 aromatic heterocycles. The molecule has 112 valence electrons. The fraction of sp³-hybridized carbons (Fsp3) is 0.400. The summed E-state index contributed by atoms with van der Waals surface area (Å²) in [4.78, 5) is 0. The molecule has 3 rings (SSSR count). The quantitative estimate of drug-likeness (QED) is 0.880. The SMILES string of the molecule is Fc1ccc(-c2[nH]ncc2CNC[C@H]2COCCO2)cc1. The minimum Gasteiger partial charge on any atom is -0.376 e. The largest absolute Gasteiger partial charge is 0.376 e. The highest BCUT2D eigenvalue weighted by atomic mass is 19.1. The molecule has 2 aromatic rings. The van der Waals surface area contributed by atoms with Crippen LogP contribution in [0.25, 0.3) is 11.3 Å². The number of hydrogen-bond acceptors (Lipinski definition) is 4. The highest BCUT2D eigenvalue weighted by Gasteiger charge is 2.14. The van der Waals surface area contributed by atoms with Crippen LogP contribution in [0.5, 0.6) is 0 Å². The summed E-state index contributed by atoms with van der Waals surface area (Å²) in [6.07, 6.45) is 1.88. The molecule has 0 amide bonds. The summed E-state index contributed by atoms with van der Waals surface area (Å²) in [6.45, 7) is 3.35. The summed E-state index contributed by atoms with van der Waals surface area (Å²) in [6, 6.07) is 6.37. The first-order chi connectivity index (χ1) is 10.3. The van der Waals surface area contributed by atoms with Gasteiger partial charge in [0.25, 0.3) is 0 Å². The van der Waals surface area contributed by atoms with Gasteiger partial charge in [-0.15, -0.1) is 0 Å². The Morgan fingerprint density at radius 3 is 2.90 bits per heavy atom. The number of hydrogen-bond donors (Lipinski definition) is 2. The maximum Gasteiger partial charge on any atom is 0.123 e. The Hall–Kier alpha value is -1.76. The van der Waals surface area contributed by atoms with E-state index in [1.807, 2.05) is 0 Å². The third-order valence-corrected chi connectivity index (χ3v) is 3.42.